The minimum absolute atomic E-state index is 0.0323. The summed E-state index contributed by atoms with van der Waals surface area (Å²) >= 11 is 8.12. The Kier molecular flexibility index (Phi) is 6.80. The number of halogens is 1. The van der Waals surface area contributed by atoms with E-state index in [0.717, 1.165) is 28.3 Å². The van der Waals surface area contributed by atoms with Crippen LogP contribution in [0.3, 0.4) is 0 Å². The Labute approximate surface area is 207 Å². The molecule has 32 heavy (non-hydrogen) atoms. The summed E-state index contributed by atoms with van der Waals surface area (Å²) in [7, 11) is 0. The number of rotatable bonds is 6. The number of aryl methyl sites for hydroxylation is 3. The first-order chi connectivity index (χ1) is 15.3. The number of nitrogens with one attached hydrogen (secondary N) is 3. The molecule has 3 aromatic rings. The fraction of sp³-hybridized carbons (Fsp3) is 0.292. The van der Waals surface area contributed by atoms with Gasteiger partial charge in [-0.3, -0.25) is 9.78 Å². The zero-order valence-corrected chi connectivity index (χ0v) is 21.3. The minimum atomic E-state index is -0.0917. The first-order valence-electron chi connectivity index (χ1n) is 10.5. The molecule has 0 radical (unpaired) electrons. The lowest BCUT2D eigenvalue weighted by Crippen LogP contribution is -2.33. The average molecular weight is 559 g/mol. The van der Waals surface area contributed by atoms with Gasteiger partial charge >= 0.3 is 0 Å². The van der Waals surface area contributed by atoms with Crippen molar-refractivity contribution in [1.29, 1.82) is 0 Å². The van der Waals surface area contributed by atoms with Crippen molar-refractivity contribution in [2.45, 2.75) is 39.3 Å². The van der Waals surface area contributed by atoms with E-state index in [9.17, 15) is 4.79 Å². The van der Waals surface area contributed by atoms with Crippen LogP contribution in [0.15, 0.2) is 48.7 Å². The van der Waals surface area contributed by atoms with Crippen LogP contribution < -0.4 is 10.6 Å². The SMILES string of the molecule is Cc1cccc(NC(=O)CCN2C(=S)N[C@@H](c3ccccn3)[C@H]2c2c(C)[nH]c(C)c2I)c1. The lowest BCUT2D eigenvalue weighted by Gasteiger charge is -2.28. The molecule has 1 amide bonds. The number of hydrogen-bond donors (Lipinski definition) is 3. The molecule has 3 N–H and O–H groups in total. The molecular formula is C24H26IN5OS. The zero-order chi connectivity index (χ0) is 22.8. The number of carbonyl (C=O) groups is 1. The second-order valence-corrected chi connectivity index (χ2v) is 9.56. The van der Waals surface area contributed by atoms with Crippen molar-refractivity contribution in [2.75, 3.05) is 11.9 Å². The second kappa shape index (κ2) is 9.58. The van der Waals surface area contributed by atoms with Crippen molar-refractivity contribution in [3.05, 3.63) is 80.4 Å². The van der Waals surface area contributed by atoms with E-state index in [-0.39, 0.29) is 18.0 Å². The molecule has 1 aromatic carbocycles. The van der Waals surface area contributed by atoms with Gasteiger partial charge in [-0.05, 0) is 85.4 Å². The summed E-state index contributed by atoms with van der Waals surface area (Å²) in [6.45, 7) is 6.69. The first-order valence-corrected chi connectivity index (χ1v) is 12.0. The molecule has 3 heterocycles. The number of carbonyl (C=O) groups excluding carboxylic acids is 1. The van der Waals surface area contributed by atoms with E-state index in [4.69, 9.17) is 12.2 Å². The lowest BCUT2D eigenvalue weighted by molar-refractivity contribution is -0.116. The number of amides is 1. The Morgan fingerprint density at radius 2 is 2.00 bits per heavy atom. The normalized spacial score (nSPS) is 18.0. The molecule has 8 heteroatoms. The quantitative estimate of drug-likeness (QED) is 0.295. The molecule has 1 saturated heterocycles. The Morgan fingerprint density at radius 1 is 1.19 bits per heavy atom. The highest BCUT2D eigenvalue weighted by molar-refractivity contribution is 14.1. The van der Waals surface area contributed by atoms with Crippen LogP contribution in [0.4, 0.5) is 5.69 Å². The third-order valence-electron chi connectivity index (χ3n) is 5.72. The van der Waals surface area contributed by atoms with Crippen LogP contribution in [0.5, 0.6) is 0 Å². The predicted octanol–water partition coefficient (Wildman–Crippen LogP) is 4.94. The molecule has 4 rings (SSSR count). The highest BCUT2D eigenvalue weighted by Crippen LogP contribution is 2.42. The fourth-order valence-corrected chi connectivity index (χ4v) is 5.44. The molecule has 1 fully saturated rings. The van der Waals surface area contributed by atoms with E-state index in [0.29, 0.717) is 18.1 Å². The van der Waals surface area contributed by atoms with Crippen molar-refractivity contribution >= 4 is 51.5 Å². The number of pyridine rings is 1. The summed E-state index contributed by atoms with van der Waals surface area (Å²) in [5, 5.41) is 7.10. The highest BCUT2D eigenvalue weighted by atomic mass is 127. The molecular weight excluding hydrogens is 533 g/mol. The fourth-order valence-electron chi connectivity index (χ4n) is 4.25. The van der Waals surface area contributed by atoms with Gasteiger partial charge in [-0.15, -0.1) is 0 Å². The molecule has 1 aliphatic heterocycles. The number of benzene rings is 1. The van der Waals surface area contributed by atoms with E-state index >= 15 is 0 Å². The van der Waals surface area contributed by atoms with Crippen molar-refractivity contribution in [2.24, 2.45) is 0 Å². The third kappa shape index (κ3) is 4.66. The standard InChI is InChI=1S/C24H26IN5OS/c1-14-7-6-8-17(13-14)28-19(31)10-12-30-23(20-15(2)27-16(3)21(20)25)22(29-24(30)32)18-9-4-5-11-26-18/h4-9,11,13,22-23,27H,10,12H2,1-3H3,(H,28,31)(H,29,32)/t22-,23+/m0/s1. The largest absolute Gasteiger partial charge is 0.362 e. The number of hydrogen-bond acceptors (Lipinski definition) is 3. The molecule has 2 aromatic heterocycles. The summed E-state index contributed by atoms with van der Waals surface area (Å²) in [5.41, 5.74) is 6.29. The van der Waals surface area contributed by atoms with Gasteiger partial charge in [-0.25, -0.2) is 0 Å². The summed E-state index contributed by atoms with van der Waals surface area (Å²) < 4.78 is 1.19. The molecule has 0 bridgehead atoms. The summed E-state index contributed by atoms with van der Waals surface area (Å²) in [6.07, 6.45) is 2.13. The molecule has 166 valence electrons. The molecule has 0 spiro atoms. The maximum Gasteiger partial charge on any atom is 0.226 e. The predicted molar refractivity (Wildman–Crippen MR) is 140 cm³/mol. The third-order valence-corrected chi connectivity index (χ3v) is 7.46. The van der Waals surface area contributed by atoms with Gasteiger partial charge in [0.2, 0.25) is 5.91 Å². The molecule has 2 atom stereocenters. The molecule has 6 nitrogen and oxygen atoms in total. The van der Waals surface area contributed by atoms with Gasteiger partial charge in [0.25, 0.3) is 0 Å². The molecule has 0 saturated carbocycles. The number of aromatic amines is 1. The van der Waals surface area contributed by atoms with E-state index in [1.807, 2.05) is 49.4 Å². The van der Waals surface area contributed by atoms with Gasteiger partial charge < -0.3 is 20.5 Å². The van der Waals surface area contributed by atoms with E-state index < -0.39 is 0 Å². The van der Waals surface area contributed by atoms with Gasteiger partial charge in [-0.2, -0.15) is 0 Å². The molecule has 0 aliphatic carbocycles. The van der Waals surface area contributed by atoms with Crippen molar-refractivity contribution in [3.8, 4) is 0 Å². The first kappa shape index (κ1) is 22.7. The maximum atomic E-state index is 12.7. The van der Waals surface area contributed by atoms with Crippen LogP contribution >= 0.6 is 34.8 Å². The number of nitrogens with zero attached hydrogens (tertiary/aromatic N) is 2. The van der Waals surface area contributed by atoms with Crippen LogP contribution in [0.1, 0.15) is 46.7 Å². The van der Waals surface area contributed by atoms with Crippen LogP contribution in [-0.2, 0) is 4.79 Å². The van der Waals surface area contributed by atoms with Crippen LogP contribution in [-0.4, -0.2) is 32.4 Å². The zero-order valence-electron chi connectivity index (χ0n) is 18.3. The number of thiocarbonyl (C=S) groups is 1. The molecule has 0 unspecified atom stereocenters. The van der Waals surface area contributed by atoms with Gasteiger partial charge in [-0.1, -0.05) is 18.2 Å². The van der Waals surface area contributed by atoms with Gasteiger partial charge in [0.15, 0.2) is 5.11 Å². The topological polar surface area (TPSA) is 73.1 Å². The Balaban J connectivity index is 1.59. The number of aromatic nitrogens is 2. The Bertz CT molecular complexity index is 1150. The lowest BCUT2D eigenvalue weighted by atomic mass is 9.96. The van der Waals surface area contributed by atoms with Crippen molar-refractivity contribution < 1.29 is 4.79 Å². The van der Waals surface area contributed by atoms with Gasteiger partial charge in [0, 0.05) is 45.4 Å². The number of H-pyrrole nitrogens is 1. The van der Waals surface area contributed by atoms with E-state index in [1.54, 1.807) is 6.20 Å². The monoisotopic (exact) mass is 559 g/mol. The second-order valence-electron chi connectivity index (χ2n) is 8.09. The maximum absolute atomic E-state index is 12.7. The Hall–Kier alpha value is -2.46. The van der Waals surface area contributed by atoms with Crippen molar-refractivity contribution in [1.82, 2.24) is 20.2 Å². The van der Waals surface area contributed by atoms with Gasteiger partial charge in [0.05, 0.1) is 17.8 Å². The smallest absolute Gasteiger partial charge is 0.226 e. The summed E-state index contributed by atoms with van der Waals surface area (Å²) in [6, 6.07) is 13.6. The van der Waals surface area contributed by atoms with Crippen LogP contribution in [0.2, 0.25) is 0 Å². The molecule has 1 aliphatic rings. The average Bonchev–Trinajstić information content (AvgIpc) is 3.21. The van der Waals surface area contributed by atoms with Crippen LogP contribution in [0, 0.1) is 24.3 Å². The summed E-state index contributed by atoms with van der Waals surface area (Å²) in [4.78, 5) is 22.9. The van der Waals surface area contributed by atoms with E-state index in [1.165, 1.54) is 9.13 Å². The Morgan fingerprint density at radius 3 is 2.66 bits per heavy atom. The highest BCUT2D eigenvalue weighted by Gasteiger charge is 2.42. The minimum Gasteiger partial charge on any atom is -0.362 e. The van der Waals surface area contributed by atoms with Crippen LogP contribution in [0.25, 0.3) is 0 Å². The summed E-state index contributed by atoms with van der Waals surface area (Å²) in [5.74, 6) is -0.0323. The number of anilines is 1. The van der Waals surface area contributed by atoms with E-state index in [2.05, 4.69) is 61.9 Å². The van der Waals surface area contributed by atoms with Gasteiger partial charge in [0.1, 0.15) is 0 Å². The van der Waals surface area contributed by atoms with Crippen molar-refractivity contribution in [3.63, 3.8) is 0 Å².